The summed E-state index contributed by atoms with van der Waals surface area (Å²) in [5, 5.41) is 22.9. The van der Waals surface area contributed by atoms with E-state index in [9.17, 15) is 19.7 Å². The number of halogens is 1. The number of benzene rings is 1. The van der Waals surface area contributed by atoms with Crippen molar-refractivity contribution in [2.75, 3.05) is 19.0 Å². The summed E-state index contributed by atoms with van der Waals surface area (Å²) in [6.45, 7) is 0.514. The fourth-order valence-electron chi connectivity index (χ4n) is 2.41. The van der Waals surface area contributed by atoms with E-state index in [1.165, 1.54) is 18.2 Å². The molecule has 0 saturated carbocycles. The van der Waals surface area contributed by atoms with E-state index in [2.05, 4.69) is 5.32 Å². The Morgan fingerprint density at radius 2 is 2.25 bits per heavy atom. The van der Waals surface area contributed by atoms with Gasteiger partial charge in [0.2, 0.25) is 5.91 Å². The first-order valence-corrected chi connectivity index (χ1v) is 8.35. The van der Waals surface area contributed by atoms with Crippen LogP contribution in [0.5, 0.6) is 0 Å². The number of carbonyl (C=O) groups is 2. The van der Waals surface area contributed by atoms with E-state index in [0.29, 0.717) is 17.9 Å². The van der Waals surface area contributed by atoms with Crippen LogP contribution < -0.4 is 5.32 Å². The van der Waals surface area contributed by atoms with Crippen LogP contribution >= 0.6 is 23.4 Å². The molecule has 8 nitrogen and oxygen atoms in total. The Balaban J connectivity index is 2.00. The summed E-state index contributed by atoms with van der Waals surface area (Å²) in [5.74, 6) is -1.51. The highest BCUT2D eigenvalue weighted by atomic mass is 35.5. The molecule has 1 aromatic carbocycles. The number of hydrogen-bond donors (Lipinski definition) is 2. The van der Waals surface area contributed by atoms with E-state index < -0.39 is 22.3 Å². The number of ether oxygens (including phenoxy) is 1. The Labute approximate surface area is 146 Å². The number of amides is 1. The van der Waals surface area contributed by atoms with Crippen molar-refractivity contribution < 1.29 is 24.4 Å². The molecule has 1 aliphatic rings. The van der Waals surface area contributed by atoms with E-state index in [-0.39, 0.29) is 29.5 Å². The number of aliphatic carboxylic acids is 1. The summed E-state index contributed by atoms with van der Waals surface area (Å²) in [5.41, 5.74) is -1.10. The van der Waals surface area contributed by atoms with Crippen molar-refractivity contribution >= 4 is 40.9 Å². The van der Waals surface area contributed by atoms with Crippen LogP contribution in [0.2, 0.25) is 5.02 Å². The molecule has 2 rings (SSSR count). The number of nitro benzene ring substituents is 1. The lowest BCUT2D eigenvalue weighted by Gasteiger charge is -2.26. The smallest absolute Gasteiger partial charge is 0.305 e. The van der Waals surface area contributed by atoms with Gasteiger partial charge >= 0.3 is 5.97 Å². The van der Waals surface area contributed by atoms with E-state index in [0.717, 1.165) is 11.8 Å². The summed E-state index contributed by atoms with van der Waals surface area (Å²) in [6, 6.07) is 4.20. The molecule has 1 fully saturated rings. The van der Waals surface area contributed by atoms with E-state index in [1.807, 2.05) is 0 Å². The van der Waals surface area contributed by atoms with Gasteiger partial charge in [-0.3, -0.25) is 19.7 Å². The quantitative estimate of drug-likeness (QED) is 0.426. The molecule has 2 N–H and O–H groups in total. The van der Waals surface area contributed by atoms with Crippen LogP contribution in [0.25, 0.3) is 0 Å². The van der Waals surface area contributed by atoms with Gasteiger partial charge in [-0.2, -0.15) is 0 Å². The van der Waals surface area contributed by atoms with Crippen molar-refractivity contribution in [3.05, 3.63) is 33.3 Å². The van der Waals surface area contributed by atoms with Crippen LogP contribution in [0, 0.1) is 10.1 Å². The van der Waals surface area contributed by atoms with Crippen molar-refractivity contribution in [2.24, 2.45) is 0 Å². The monoisotopic (exact) mass is 374 g/mol. The third-order valence-electron chi connectivity index (χ3n) is 3.47. The van der Waals surface area contributed by atoms with E-state index >= 15 is 0 Å². The van der Waals surface area contributed by atoms with Gasteiger partial charge in [-0.15, -0.1) is 11.8 Å². The number of carboxylic acid groups (broad SMARTS) is 1. The van der Waals surface area contributed by atoms with Gasteiger partial charge in [-0.25, -0.2) is 0 Å². The second-order valence-electron chi connectivity index (χ2n) is 5.36. The molecular formula is C14H15ClN2O6S. The van der Waals surface area contributed by atoms with Gasteiger partial charge < -0.3 is 15.2 Å². The maximum absolute atomic E-state index is 12.1. The number of carboxylic acids is 1. The first-order chi connectivity index (χ1) is 11.3. The summed E-state index contributed by atoms with van der Waals surface area (Å²) < 4.78 is 5.20. The Morgan fingerprint density at radius 3 is 2.83 bits per heavy atom. The summed E-state index contributed by atoms with van der Waals surface area (Å²) in [4.78, 5) is 33.9. The van der Waals surface area contributed by atoms with Crippen molar-refractivity contribution in [1.82, 2.24) is 5.32 Å². The SMILES string of the molecule is O=C(O)CC1(NC(=O)CSc2ccc(Cl)cc2[N+](=O)[O-])CCOC1. The fraction of sp³-hybridized carbons (Fsp3) is 0.429. The van der Waals surface area contributed by atoms with Gasteiger partial charge in [0.1, 0.15) is 0 Å². The van der Waals surface area contributed by atoms with Crippen molar-refractivity contribution in [2.45, 2.75) is 23.3 Å². The predicted octanol–water partition coefficient (Wildman–Crippen LogP) is 2.09. The Bertz CT molecular complexity index is 663. The lowest BCUT2D eigenvalue weighted by atomic mass is 9.94. The standard InChI is InChI=1S/C14H15ClN2O6S/c15-9-1-2-11(10(5-9)17(21)22)24-7-12(18)16-14(6-13(19)20)3-4-23-8-14/h1-2,5H,3-4,6-8H2,(H,16,18)(H,19,20). The minimum atomic E-state index is -1.03. The lowest BCUT2D eigenvalue weighted by Crippen LogP contribution is -2.51. The Kier molecular flexibility index (Phi) is 6.03. The second kappa shape index (κ2) is 7.82. The van der Waals surface area contributed by atoms with E-state index in [4.69, 9.17) is 21.4 Å². The van der Waals surface area contributed by atoms with Crippen LogP contribution in [-0.2, 0) is 14.3 Å². The molecule has 1 amide bonds. The molecule has 1 heterocycles. The molecule has 0 aromatic heterocycles. The average molecular weight is 375 g/mol. The molecule has 130 valence electrons. The highest BCUT2D eigenvalue weighted by molar-refractivity contribution is 8.00. The van der Waals surface area contributed by atoms with Gasteiger partial charge in [0.05, 0.1) is 34.1 Å². The number of hydrogen-bond acceptors (Lipinski definition) is 6. The van der Waals surface area contributed by atoms with Crippen LogP contribution in [-0.4, -0.2) is 46.4 Å². The van der Waals surface area contributed by atoms with Gasteiger partial charge in [0.25, 0.3) is 5.69 Å². The molecule has 0 bridgehead atoms. The van der Waals surface area contributed by atoms with Gasteiger partial charge in [0, 0.05) is 17.7 Å². The summed E-state index contributed by atoms with van der Waals surface area (Å²) >= 11 is 6.73. The molecule has 1 aliphatic heterocycles. The van der Waals surface area contributed by atoms with Gasteiger partial charge in [-0.1, -0.05) is 11.6 Å². The topological polar surface area (TPSA) is 119 Å². The van der Waals surface area contributed by atoms with Crippen LogP contribution in [0.4, 0.5) is 5.69 Å². The number of rotatable bonds is 7. The molecule has 0 radical (unpaired) electrons. The summed E-state index contributed by atoms with van der Waals surface area (Å²) in [6.07, 6.45) is 0.182. The molecule has 1 unspecified atom stereocenters. The first-order valence-electron chi connectivity index (χ1n) is 6.99. The third-order valence-corrected chi connectivity index (χ3v) is 4.77. The lowest BCUT2D eigenvalue weighted by molar-refractivity contribution is -0.387. The Hall–Kier alpha value is -1.84. The van der Waals surface area contributed by atoms with Crippen LogP contribution in [0.15, 0.2) is 23.1 Å². The molecule has 0 aliphatic carbocycles. The van der Waals surface area contributed by atoms with E-state index in [1.54, 1.807) is 0 Å². The number of nitro groups is 1. The molecule has 0 spiro atoms. The maximum Gasteiger partial charge on any atom is 0.305 e. The van der Waals surface area contributed by atoms with Crippen LogP contribution in [0.1, 0.15) is 12.8 Å². The molecule has 1 aromatic rings. The zero-order chi connectivity index (χ0) is 17.7. The number of nitrogens with zero attached hydrogens (tertiary/aromatic N) is 1. The normalized spacial score (nSPS) is 19.9. The van der Waals surface area contributed by atoms with Crippen molar-refractivity contribution in [3.63, 3.8) is 0 Å². The number of carbonyl (C=O) groups excluding carboxylic acids is 1. The molecular weight excluding hydrogens is 360 g/mol. The summed E-state index contributed by atoms with van der Waals surface area (Å²) in [7, 11) is 0. The highest BCUT2D eigenvalue weighted by Crippen LogP contribution is 2.32. The van der Waals surface area contributed by atoms with Crippen molar-refractivity contribution in [3.8, 4) is 0 Å². The van der Waals surface area contributed by atoms with Gasteiger partial charge in [-0.05, 0) is 18.6 Å². The second-order valence-corrected chi connectivity index (χ2v) is 6.81. The minimum absolute atomic E-state index is 0.0795. The first kappa shape index (κ1) is 18.5. The molecule has 10 heteroatoms. The van der Waals surface area contributed by atoms with Gasteiger partial charge in [0.15, 0.2) is 0 Å². The van der Waals surface area contributed by atoms with Crippen LogP contribution in [0.3, 0.4) is 0 Å². The average Bonchev–Trinajstić information content (AvgIpc) is 2.92. The predicted molar refractivity (Wildman–Crippen MR) is 87.4 cm³/mol. The maximum atomic E-state index is 12.1. The van der Waals surface area contributed by atoms with Crippen molar-refractivity contribution in [1.29, 1.82) is 0 Å². The highest BCUT2D eigenvalue weighted by Gasteiger charge is 2.38. The number of nitrogens with one attached hydrogen (secondary N) is 1. The largest absolute Gasteiger partial charge is 0.481 e. The minimum Gasteiger partial charge on any atom is -0.481 e. The number of thioether (sulfide) groups is 1. The molecule has 24 heavy (non-hydrogen) atoms. The molecule has 1 atom stereocenters. The fourth-order valence-corrected chi connectivity index (χ4v) is 3.38. The third kappa shape index (κ3) is 4.83. The Morgan fingerprint density at radius 1 is 1.50 bits per heavy atom. The molecule has 1 saturated heterocycles. The zero-order valence-corrected chi connectivity index (χ0v) is 14.1. The zero-order valence-electron chi connectivity index (χ0n) is 12.5.